The number of nitrogens with one attached hydrogen (secondary N) is 2. The Morgan fingerprint density at radius 3 is 2.52 bits per heavy atom. The van der Waals surface area contributed by atoms with Crippen molar-refractivity contribution in [3.05, 3.63) is 83.6 Å². The molecule has 0 spiro atoms. The van der Waals surface area contributed by atoms with Crippen molar-refractivity contribution in [3.8, 4) is 12.3 Å². The zero-order valence-electron chi connectivity index (χ0n) is 17.5. The molecule has 0 atom stereocenters. The average molecular weight is 452 g/mol. The second kappa shape index (κ2) is 9.87. The number of hydrogen-bond donors (Lipinski definition) is 2. The van der Waals surface area contributed by atoms with Crippen LogP contribution in [0.2, 0.25) is 0 Å². The highest BCUT2D eigenvalue weighted by Gasteiger charge is 2.30. The summed E-state index contributed by atoms with van der Waals surface area (Å²) in [5, 5.41) is 5.41. The Hall–Kier alpha value is -4.32. The zero-order chi connectivity index (χ0) is 24.0. The largest absolute Gasteiger partial charge is 0.416 e. The van der Waals surface area contributed by atoms with E-state index in [2.05, 4.69) is 21.5 Å². The molecule has 2 N–H and O–H groups in total. The standard InChI is InChI=1S/C24H19F3N4O2/c1-3-16-7-4-9-18(13-16)29-21(32)15-31(2)23(33)20-11-6-12-28-22(20)30-19-10-5-8-17(14-19)24(25,26)27/h1,4-14H,15H2,2H3,(H,28,30)(H,29,32). The zero-order valence-corrected chi connectivity index (χ0v) is 17.5. The summed E-state index contributed by atoms with van der Waals surface area (Å²) in [6, 6.07) is 14.2. The lowest BCUT2D eigenvalue weighted by molar-refractivity contribution is -0.137. The number of amides is 2. The normalized spacial score (nSPS) is 10.8. The lowest BCUT2D eigenvalue weighted by Gasteiger charge is -2.19. The minimum atomic E-state index is -4.51. The minimum absolute atomic E-state index is 0.0656. The molecule has 0 saturated carbocycles. The van der Waals surface area contributed by atoms with Gasteiger partial charge >= 0.3 is 6.18 Å². The van der Waals surface area contributed by atoms with Gasteiger partial charge in [0.2, 0.25) is 5.91 Å². The summed E-state index contributed by atoms with van der Waals surface area (Å²) in [5.41, 5.74) is 0.465. The van der Waals surface area contributed by atoms with E-state index in [1.54, 1.807) is 24.3 Å². The number of anilines is 3. The van der Waals surface area contributed by atoms with Crippen molar-refractivity contribution in [2.24, 2.45) is 0 Å². The maximum Gasteiger partial charge on any atom is 0.416 e. The van der Waals surface area contributed by atoms with Crippen LogP contribution in [-0.2, 0) is 11.0 Å². The van der Waals surface area contributed by atoms with Gasteiger partial charge in [0, 0.05) is 30.2 Å². The van der Waals surface area contributed by atoms with E-state index < -0.39 is 23.6 Å². The van der Waals surface area contributed by atoms with Crippen molar-refractivity contribution < 1.29 is 22.8 Å². The average Bonchev–Trinajstić information content (AvgIpc) is 2.78. The molecule has 2 aromatic carbocycles. The third kappa shape index (κ3) is 6.11. The molecule has 0 aliphatic rings. The number of alkyl halides is 3. The number of rotatable bonds is 6. The van der Waals surface area contributed by atoms with Gasteiger partial charge in [0.15, 0.2) is 0 Å². The van der Waals surface area contributed by atoms with Crippen molar-refractivity contribution in [3.63, 3.8) is 0 Å². The summed E-state index contributed by atoms with van der Waals surface area (Å²) in [6.45, 7) is -0.267. The highest BCUT2D eigenvalue weighted by Crippen LogP contribution is 2.31. The molecule has 6 nitrogen and oxygen atoms in total. The molecule has 0 fully saturated rings. The lowest BCUT2D eigenvalue weighted by atomic mass is 10.1. The first-order valence-electron chi connectivity index (χ1n) is 9.68. The molecular formula is C24H19F3N4O2. The molecule has 0 radical (unpaired) electrons. The molecule has 3 aromatic rings. The first kappa shape index (κ1) is 23.3. The SMILES string of the molecule is C#Cc1cccc(NC(=O)CN(C)C(=O)c2cccnc2Nc2cccc(C(F)(F)F)c2)c1. The smallest absolute Gasteiger partial charge is 0.340 e. The topological polar surface area (TPSA) is 74.3 Å². The highest BCUT2D eigenvalue weighted by atomic mass is 19.4. The van der Waals surface area contributed by atoms with Crippen molar-refractivity contribution >= 4 is 29.0 Å². The molecule has 33 heavy (non-hydrogen) atoms. The molecule has 9 heteroatoms. The molecule has 1 aromatic heterocycles. The fourth-order valence-electron chi connectivity index (χ4n) is 2.97. The number of nitrogens with zero attached hydrogens (tertiary/aromatic N) is 2. The van der Waals surface area contributed by atoms with E-state index in [9.17, 15) is 22.8 Å². The van der Waals surface area contributed by atoms with E-state index in [0.717, 1.165) is 12.1 Å². The van der Waals surface area contributed by atoms with Gasteiger partial charge in [-0.25, -0.2) is 4.98 Å². The van der Waals surface area contributed by atoms with Gasteiger partial charge in [-0.15, -0.1) is 6.42 Å². The van der Waals surface area contributed by atoms with Crippen molar-refractivity contribution in [2.75, 3.05) is 24.2 Å². The molecule has 0 bridgehead atoms. The van der Waals surface area contributed by atoms with Gasteiger partial charge in [-0.2, -0.15) is 13.2 Å². The molecule has 0 aliphatic carbocycles. The van der Waals surface area contributed by atoms with Gasteiger partial charge in [0.25, 0.3) is 5.91 Å². The van der Waals surface area contributed by atoms with Crippen molar-refractivity contribution in [2.45, 2.75) is 6.18 Å². The van der Waals surface area contributed by atoms with Crippen LogP contribution in [0.4, 0.5) is 30.4 Å². The number of likely N-dealkylation sites (N-methyl/N-ethyl adjacent to an activating group) is 1. The summed E-state index contributed by atoms with van der Waals surface area (Å²) < 4.78 is 39.0. The van der Waals surface area contributed by atoms with Crippen molar-refractivity contribution in [1.29, 1.82) is 0 Å². The van der Waals surface area contributed by atoms with E-state index in [0.29, 0.717) is 11.3 Å². The summed E-state index contributed by atoms with van der Waals surface area (Å²) in [5.74, 6) is 1.55. The summed E-state index contributed by atoms with van der Waals surface area (Å²) in [7, 11) is 1.43. The van der Waals surface area contributed by atoms with E-state index in [4.69, 9.17) is 6.42 Å². The fraction of sp³-hybridized carbons (Fsp3) is 0.125. The van der Waals surface area contributed by atoms with E-state index >= 15 is 0 Å². The molecule has 0 aliphatic heterocycles. The summed E-state index contributed by atoms with van der Waals surface area (Å²) >= 11 is 0. The Balaban J connectivity index is 1.72. The maximum atomic E-state index is 13.0. The van der Waals surface area contributed by atoms with E-state index in [1.165, 1.54) is 42.4 Å². The van der Waals surface area contributed by atoms with Crippen LogP contribution in [0.25, 0.3) is 0 Å². The van der Waals surface area contributed by atoms with Crippen LogP contribution >= 0.6 is 0 Å². The maximum absolute atomic E-state index is 13.0. The van der Waals surface area contributed by atoms with Crippen LogP contribution in [-0.4, -0.2) is 35.3 Å². The Labute approximate surface area is 188 Å². The molecule has 0 saturated heterocycles. The number of pyridine rings is 1. The summed E-state index contributed by atoms with van der Waals surface area (Å²) in [4.78, 5) is 30.6. The number of benzene rings is 2. The molecule has 1 heterocycles. The number of halogens is 3. The number of hydrogen-bond acceptors (Lipinski definition) is 4. The third-order valence-electron chi connectivity index (χ3n) is 4.53. The Kier molecular flexibility index (Phi) is 6.98. The lowest BCUT2D eigenvalue weighted by Crippen LogP contribution is -2.35. The number of terminal acetylenes is 1. The van der Waals surface area contributed by atoms with Gasteiger partial charge in [0.05, 0.1) is 17.7 Å². The molecule has 0 unspecified atom stereocenters. The number of aromatic nitrogens is 1. The second-order valence-electron chi connectivity index (χ2n) is 7.04. The van der Waals surface area contributed by atoms with E-state index in [-0.39, 0.29) is 23.6 Å². The first-order chi connectivity index (χ1) is 15.7. The Morgan fingerprint density at radius 2 is 1.79 bits per heavy atom. The summed E-state index contributed by atoms with van der Waals surface area (Å²) in [6.07, 6.45) is 2.24. The fourth-order valence-corrected chi connectivity index (χ4v) is 2.97. The Bertz CT molecular complexity index is 1220. The number of carbonyl (C=O) groups is 2. The Morgan fingerprint density at radius 1 is 1.06 bits per heavy atom. The van der Waals surface area contributed by atoms with Crippen LogP contribution < -0.4 is 10.6 Å². The predicted molar refractivity (Wildman–Crippen MR) is 119 cm³/mol. The van der Waals surface area contributed by atoms with Crippen LogP contribution in [0.1, 0.15) is 21.5 Å². The predicted octanol–water partition coefficient (Wildman–Crippen LogP) is 4.54. The van der Waals surface area contributed by atoms with Crippen LogP contribution in [0, 0.1) is 12.3 Å². The third-order valence-corrected chi connectivity index (χ3v) is 4.53. The van der Waals surface area contributed by atoms with Gasteiger partial charge in [-0.05, 0) is 48.5 Å². The monoisotopic (exact) mass is 452 g/mol. The molecule has 3 rings (SSSR count). The quantitative estimate of drug-likeness (QED) is 0.539. The molecule has 168 valence electrons. The van der Waals surface area contributed by atoms with Crippen LogP contribution in [0.15, 0.2) is 66.9 Å². The van der Waals surface area contributed by atoms with Crippen LogP contribution in [0.5, 0.6) is 0 Å². The second-order valence-corrected chi connectivity index (χ2v) is 7.04. The van der Waals surface area contributed by atoms with Gasteiger partial charge in [-0.3, -0.25) is 9.59 Å². The first-order valence-corrected chi connectivity index (χ1v) is 9.68. The van der Waals surface area contributed by atoms with Crippen LogP contribution in [0.3, 0.4) is 0 Å². The van der Waals surface area contributed by atoms with Gasteiger partial charge in [0.1, 0.15) is 5.82 Å². The van der Waals surface area contributed by atoms with E-state index in [1.807, 2.05) is 0 Å². The number of carbonyl (C=O) groups excluding carboxylic acids is 2. The van der Waals surface area contributed by atoms with Gasteiger partial charge < -0.3 is 15.5 Å². The van der Waals surface area contributed by atoms with Crippen molar-refractivity contribution in [1.82, 2.24) is 9.88 Å². The minimum Gasteiger partial charge on any atom is -0.340 e. The highest BCUT2D eigenvalue weighted by molar-refractivity contribution is 6.02. The molecule has 2 amide bonds. The molecular weight excluding hydrogens is 433 g/mol. The van der Waals surface area contributed by atoms with Gasteiger partial charge in [-0.1, -0.05) is 18.1 Å².